The van der Waals surface area contributed by atoms with Gasteiger partial charge in [-0.3, -0.25) is 0 Å². The molecule has 1 aliphatic heterocycles. The predicted molar refractivity (Wildman–Crippen MR) is 100 cm³/mol. The van der Waals surface area contributed by atoms with Gasteiger partial charge < -0.3 is 14.7 Å². The Hall–Kier alpha value is -0.880. The van der Waals surface area contributed by atoms with Crippen molar-refractivity contribution in [3.8, 4) is 0 Å². The molecule has 0 spiro atoms. The van der Waals surface area contributed by atoms with Crippen molar-refractivity contribution >= 4 is 35.8 Å². The number of fused-ring (bicyclic) bond motifs is 1. The fourth-order valence-corrected chi connectivity index (χ4v) is 3.26. The van der Waals surface area contributed by atoms with Gasteiger partial charge in [-0.1, -0.05) is 12.1 Å². The molecule has 136 valence electrons. The van der Waals surface area contributed by atoms with Crippen LogP contribution in [-0.4, -0.2) is 42.8 Å². The molecular formula is C17H26Cl2FN3O. The van der Waals surface area contributed by atoms with Gasteiger partial charge in [0.05, 0.1) is 5.69 Å². The van der Waals surface area contributed by atoms with Gasteiger partial charge in [-0.25, -0.2) is 4.39 Å². The van der Waals surface area contributed by atoms with Crippen LogP contribution in [0.15, 0.2) is 22.7 Å². The molecule has 0 aliphatic carbocycles. The lowest BCUT2D eigenvalue weighted by molar-refractivity contribution is 0.207. The van der Waals surface area contributed by atoms with Crippen LogP contribution in [-0.2, 0) is 0 Å². The molecular weight excluding hydrogens is 352 g/mol. The van der Waals surface area contributed by atoms with Crippen molar-refractivity contribution in [2.75, 3.05) is 32.7 Å². The Kier molecular flexibility index (Phi) is 8.98. The average molecular weight is 378 g/mol. The van der Waals surface area contributed by atoms with Crippen LogP contribution in [0.5, 0.6) is 0 Å². The summed E-state index contributed by atoms with van der Waals surface area (Å²) in [5.41, 5.74) is 1.56. The van der Waals surface area contributed by atoms with E-state index in [1.165, 1.54) is 18.6 Å². The third-order valence-corrected chi connectivity index (χ3v) is 4.51. The van der Waals surface area contributed by atoms with Crippen molar-refractivity contribution in [1.82, 2.24) is 15.4 Å². The zero-order valence-electron chi connectivity index (χ0n) is 14.0. The first-order valence-corrected chi connectivity index (χ1v) is 8.26. The molecule has 0 amide bonds. The lowest BCUT2D eigenvalue weighted by atomic mass is 9.91. The molecule has 2 heterocycles. The van der Waals surface area contributed by atoms with Crippen molar-refractivity contribution in [1.29, 1.82) is 0 Å². The lowest BCUT2D eigenvalue weighted by Gasteiger charge is -2.31. The van der Waals surface area contributed by atoms with Crippen molar-refractivity contribution in [2.24, 2.45) is 0 Å². The molecule has 2 aromatic rings. The van der Waals surface area contributed by atoms with Crippen molar-refractivity contribution in [2.45, 2.75) is 32.1 Å². The average Bonchev–Trinajstić information content (AvgIpc) is 2.95. The Morgan fingerprint density at radius 2 is 2.04 bits per heavy atom. The summed E-state index contributed by atoms with van der Waals surface area (Å²) >= 11 is 0. The summed E-state index contributed by atoms with van der Waals surface area (Å²) in [6.07, 6.45) is 3.39. The van der Waals surface area contributed by atoms with Crippen LogP contribution in [0, 0.1) is 5.82 Å². The van der Waals surface area contributed by atoms with E-state index < -0.39 is 0 Å². The highest BCUT2D eigenvalue weighted by Gasteiger charge is 2.24. The molecule has 1 aliphatic rings. The zero-order chi connectivity index (χ0) is 15.4. The largest absolute Gasteiger partial charge is 0.356 e. The van der Waals surface area contributed by atoms with Crippen LogP contribution in [0.25, 0.3) is 11.0 Å². The van der Waals surface area contributed by atoms with E-state index in [1.54, 1.807) is 6.07 Å². The second-order valence-electron chi connectivity index (χ2n) is 6.03. The topological polar surface area (TPSA) is 41.3 Å². The standard InChI is InChI=1S/C17H24FN3O.2ClH/c1-2-19-8-3-9-21-10-6-13(7-11-21)17-15-5-4-14(18)12-16(15)22-20-17;;/h4-5,12-13,19H,2-3,6-11H2,1H3;2*1H. The Labute approximate surface area is 155 Å². The summed E-state index contributed by atoms with van der Waals surface area (Å²) < 4.78 is 18.5. The first-order chi connectivity index (χ1) is 10.8. The van der Waals surface area contributed by atoms with E-state index in [0.717, 1.165) is 56.6 Å². The third-order valence-electron chi connectivity index (χ3n) is 4.51. The minimum Gasteiger partial charge on any atom is -0.356 e. The number of nitrogens with zero attached hydrogens (tertiary/aromatic N) is 2. The van der Waals surface area contributed by atoms with Gasteiger partial charge in [0.25, 0.3) is 0 Å². The summed E-state index contributed by atoms with van der Waals surface area (Å²) in [7, 11) is 0. The number of piperidine rings is 1. The molecule has 24 heavy (non-hydrogen) atoms. The summed E-state index contributed by atoms with van der Waals surface area (Å²) in [5.74, 6) is 0.155. The maximum atomic E-state index is 13.2. The highest BCUT2D eigenvalue weighted by molar-refractivity contribution is 5.85. The normalized spacial score (nSPS) is 15.9. The summed E-state index contributed by atoms with van der Waals surface area (Å²) in [5, 5.41) is 8.53. The molecule has 4 nitrogen and oxygen atoms in total. The molecule has 1 saturated heterocycles. The molecule has 7 heteroatoms. The fraction of sp³-hybridized carbons (Fsp3) is 0.588. The van der Waals surface area contributed by atoms with Crippen LogP contribution in [0.2, 0.25) is 0 Å². The number of rotatable bonds is 6. The summed E-state index contributed by atoms with van der Waals surface area (Å²) in [6, 6.07) is 4.69. The molecule has 0 radical (unpaired) electrons. The van der Waals surface area contributed by atoms with E-state index in [4.69, 9.17) is 4.52 Å². The highest BCUT2D eigenvalue weighted by Crippen LogP contribution is 2.32. The van der Waals surface area contributed by atoms with E-state index >= 15 is 0 Å². The minimum absolute atomic E-state index is 0. The molecule has 1 N–H and O–H groups in total. The Morgan fingerprint density at radius 1 is 1.29 bits per heavy atom. The van der Waals surface area contributed by atoms with Crippen molar-refractivity contribution < 1.29 is 8.91 Å². The fourth-order valence-electron chi connectivity index (χ4n) is 3.26. The molecule has 3 rings (SSSR count). The smallest absolute Gasteiger partial charge is 0.170 e. The second kappa shape index (κ2) is 10.2. The van der Waals surface area contributed by atoms with Gasteiger partial charge in [-0.15, -0.1) is 24.8 Å². The van der Waals surface area contributed by atoms with Gasteiger partial charge in [0.1, 0.15) is 5.82 Å². The Morgan fingerprint density at radius 3 is 2.75 bits per heavy atom. The summed E-state index contributed by atoms with van der Waals surface area (Å²) in [4.78, 5) is 2.52. The number of nitrogens with one attached hydrogen (secondary N) is 1. The first kappa shape index (κ1) is 21.2. The second-order valence-corrected chi connectivity index (χ2v) is 6.03. The van der Waals surface area contributed by atoms with Crippen molar-refractivity contribution in [3.05, 3.63) is 29.7 Å². The molecule has 1 aromatic carbocycles. The van der Waals surface area contributed by atoms with E-state index in [0.29, 0.717) is 11.5 Å². The molecule has 1 aromatic heterocycles. The predicted octanol–water partition coefficient (Wildman–Crippen LogP) is 3.99. The third kappa shape index (κ3) is 5.06. The van der Waals surface area contributed by atoms with E-state index in [1.807, 2.05) is 0 Å². The first-order valence-electron chi connectivity index (χ1n) is 8.26. The van der Waals surface area contributed by atoms with Gasteiger partial charge in [0.2, 0.25) is 0 Å². The Bertz CT molecular complexity index is 615. The number of likely N-dealkylation sites (tertiary alicyclic amines) is 1. The summed E-state index contributed by atoms with van der Waals surface area (Å²) in [6.45, 7) is 7.64. The van der Waals surface area contributed by atoms with E-state index in [2.05, 4.69) is 22.3 Å². The molecule has 0 bridgehead atoms. The minimum atomic E-state index is -0.272. The maximum absolute atomic E-state index is 13.2. The van der Waals surface area contributed by atoms with Gasteiger partial charge in [0, 0.05) is 17.4 Å². The number of aromatic nitrogens is 1. The Balaban J connectivity index is 0.00000144. The van der Waals surface area contributed by atoms with Gasteiger partial charge in [0.15, 0.2) is 5.58 Å². The molecule has 0 saturated carbocycles. The van der Waals surface area contributed by atoms with Gasteiger partial charge in [-0.2, -0.15) is 0 Å². The van der Waals surface area contributed by atoms with Crippen LogP contribution >= 0.6 is 24.8 Å². The lowest BCUT2D eigenvalue weighted by Crippen LogP contribution is -2.35. The molecule has 1 fully saturated rings. The maximum Gasteiger partial charge on any atom is 0.170 e. The monoisotopic (exact) mass is 377 g/mol. The molecule has 0 unspecified atom stereocenters. The van der Waals surface area contributed by atoms with E-state index in [-0.39, 0.29) is 30.6 Å². The molecule has 0 atom stereocenters. The van der Waals surface area contributed by atoms with Crippen molar-refractivity contribution in [3.63, 3.8) is 0 Å². The number of halogens is 3. The zero-order valence-corrected chi connectivity index (χ0v) is 15.6. The SMILES string of the molecule is CCNCCCN1CCC(c2noc3cc(F)ccc23)CC1.Cl.Cl. The van der Waals surface area contributed by atoms with Gasteiger partial charge >= 0.3 is 0 Å². The van der Waals surface area contributed by atoms with Crippen LogP contribution in [0.3, 0.4) is 0 Å². The van der Waals surface area contributed by atoms with Crippen LogP contribution in [0.4, 0.5) is 4.39 Å². The van der Waals surface area contributed by atoms with Crippen LogP contribution in [0.1, 0.15) is 37.8 Å². The number of benzene rings is 1. The number of hydrogen-bond donors (Lipinski definition) is 1. The van der Waals surface area contributed by atoms with Gasteiger partial charge in [-0.05, 0) is 64.1 Å². The van der Waals surface area contributed by atoms with Crippen LogP contribution < -0.4 is 5.32 Å². The highest BCUT2D eigenvalue weighted by atomic mass is 35.5. The number of hydrogen-bond acceptors (Lipinski definition) is 4. The quantitative estimate of drug-likeness (QED) is 0.772. The van der Waals surface area contributed by atoms with E-state index in [9.17, 15) is 4.39 Å².